The van der Waals surface area contributed by atoms with E-state index in [1.165, 1.54) is 18.2 Å². The molecule has 5 heteroatoms. The second kappa shape index (κ2) is 4.38. The van der Waals surface area contributed by atoms with E-state index in [0.29, 0.717) is 5.69 Å². The van der Waals surface area contributed by atoms with Crippen molar-refractivity contribution >= 4 is 21.6 Å². The van der Waals surface area contributed by atoms with E-state index in [9.17, 15) is 13.2 Å². The molecule has 0 fully saturated rings. The fourth-order valence-corrected chi connectivity index (χ4v) is 2.15. The van der Waals surface area contributed by atoms with Gasteiger partial charge in [-0.2, -0.15) is 4.99 Å². The highest BCUT2D eigenvalue weighted by Gasteiger charge is 2.18. The minimum Gasteiger partial charge on any atom is -0.223 e. The van der Waals surface area contributed by atoms with Crippen LogP contribution in [-0.4, -0.2) is 19.7 Å². The summed E-state index contributed by atoms with van der Waals surface area (Å²) in [5.41, 5.74) is 0.298. The first-order valence-corrected chi connectivity index (χ1v) is 5.95. The number of sulfone groups is 1. The van der Waals surface area contributed by atoms with Crippen LogP contribution < -0.4 is 0 Å². The zero-order valence-corrected chi connectivity index (χ0v) is 9.28. The van der Waals surface area contributed by atoms with Crippen molar-refractivity contribution in [3.05, 3.63) is 24.3 Å². The van der Waals surface area contributed by atoms with E-state index < -0.39 is 15.1 Å². The third-order valence-corrected chi connectivity index (χ3v) is 4.09. The number of nitrogens with zero attached hydrogens (tertiary/aromatic N) is 1. The molecule has 0 aliphatic carbocycles. The topological polar surface area (TPSA) is 63.6 Å². The van der Waals surface area contributed by atoms with Gasteiger partial charge in [0.15, 0.2) is 9.84 Å². The van der Waals surface area contributed by atoms with Crippen LogP contribution in [-0.2, 0) is 14.6 Å². The summed E-state index contributed by atoms with van der Waals surface area (Å²) in [5.74, 6) is 0. The van der Waals surface area contributed by atoms with Crippen LogP contribution in [0.15, 0.2) is 34.2 Å². The zero-order chi connectivity index (χ0) is 11.5. The maximum Gasteiger partial charge on any atom is 0.240 e. The Morgan fingerprint density at radius 1 is 1.33 bits per heavy atom. The van der Waals surface area contributed by atoms with Crippen molar-refractivity contribution in [2.75, 3.05) is 0 Å². The van der Waals surface area contributed by atoms with Gasteiger partial charge in [-0.1, -0.05) is 6.07 Å². The van der Waals surface area contributed by atoms with Crippen molar-refractivity contribution in [1.29, 1.82) is 0 Å². The Morgan fingerprint density at radius 2 is 2.00 bits per heavy atom. The minimum absolute atomic E-state index is 0.175. The lowest BCUT2D eigenvalue weighted by molar-refractivity contribution is 0.565. The Kier molecular flexibility index (Phi) is 3.39. The smallest absolute Gasteiger partial charge is 0.223 e. The van der Waals surface area contributed by atoms with E-state index >= 15 is 0 Å². The van der Waals surface area contributed by atoms with Gasteiger partial charge in [0.25, 0.3) is 0 Å². The lowest BCUT2D eigenvalue weighted by Gasteiger charge is -2.07. The predicted octanol–water partition coefficient (Wildman–Crippen LogP) is 1.84. The van der Waals surface area contributed by atoms with Crippen molar-refractivity contribution < 1.29 is 13.2 Å². The highest BCUT2D eigenvalue weighted by Crippen LogP contribution is 2.20. The molecule has 1 aromatic carbocycles. The molecule has 0 atom stereocenters. The summed E-state index contributed by atoms with van der Waals surface area (Å²) >= 11 is 0. The van der Waals surface area contributed by atoms with Gasteiger partial charge >= 0.3 is 0 Å². The molecular weight excluding hydrogens is 214 g/mol. The number of rotatable bonds is 3. The number of hydrogen-bond donors (Lipinski definition) is 0. The van der Waals surface area contributed by atoms with Crippen LogP contribution >= 0.6 is 0 Å². The van der Waals surface area contributed by atoms with Gasteiger partial charge in [0.05, 0.1) is 15.8 Å². The first-order valence-electron chi connectivity index (χ1n) is 4.40. The van der Waals surface area contributed by atoms with Gasteiger partial charge in [0.1, 0.15) is 0 Å². The molecule has 0 N–H and O–H groups in total. The molecule has 0 bridgehead atoms. The highest BCUT2D eigenvalue weighted by atomic mass is 32.2. The number of benzene rings is 1. The van der Waals surface area contributed by atoms with Crippen LogP contribution in [0.4, 0.5) is 5.69 Å². The number of hydrogen-bond acceptors (Lipinski definition) is 4. The largest absolute Gasteiger partial charge is 0.240 e. The quantitative estimate of drug-likeness (QED) is 0.582. The molecule has 0 unspecified atom stereocenters. The summed E-state index contributed by atoms with van der Waals surface area (Å²) in [4.78, 5) is 13.6. The SMILES string of the molecule is CC(C)S(=O)(=O)c1cccc(N=C=O)c1. The molecule has 4 nitrogen and oxygen atoms in total. The molecule has 0 saturated carbocycles. The van der Waals surface area contributed by atoms with Crippen LogP contribution in [0.2, 0.25) is 0 Å². The normalized spacial score (nSPS) is 11.1. The molecule has 0 spiro atoms. The minimum atomic E-state index is -3.31. The molecular formula is C10H11NO3S. The molecule has 1 aromatic rings. The average Bonchev–Trinajstić information content (AvgIpc) is 2.18. The fourth-order valence-electron chi connectivity index (χ4n) is 1.05. The van der Waals surface area contributed by atoms with Crippen molar-refractivity contribution in [3.8, 4) is 0 Å². The van der Waals surface area contributed by atoms with E-state index in [-0.39, 0.29) is 4.90 Å². The Balaban J connectivity index is 3.28. The summed E-state index contributed by atoms with van der Waals surface area (Å²) in [6.45, 7) is 3.20. The van der Waals surface area contributed by atoms with Crippen molar-refractivity contribution in [2.45, 2.75) is 24.0 Å². The van der Waals surface area contributed by atoms with E-state index in [2.05, 4.69) is 4.99 Å². The first kappa shape index (κ1) is 11.6. The molecule has 0 radical (unpaired) electrons. The molecule has 0 aliphatic heterocycles. The van der Waals surface area contributed by atoms with Gasteiger partial charge in [-0.05, 0) is 32.0 Å². The summed E-state index contributed by atoms with van der Waals surface area (Å²) in [6, 6.07) is 5.94. The van der Waals surface area contributed by atoms with Crippen LogP contribution in [0, 0.1) is 0 Å². The molecule has 0 heterocycles. The third-order valence-electron chi connectivity index (χ3n) is 1.94. The third kappa shape index (κ3) is 2.52. The molecule has 80 valence electrons. The van der Waals surface area contributed by atoms with Crippen LogP contribution in [0.25, 0.3) is 0 Å². The van der Waals surface area contributed by atoms with Crippen molar-refractivity contribution in [1.82, 2.24) is 0 Å². The Morgan fingerprint density at radius 3 is 2.53 bits per heavy atom. The summed E-state index contributed by atoms with van der Waals surface area (Å²) < 4.78 is 23.5. The van der Waals surface area contributed by atoms with Crippen LogP contribution in [0.3, 0.4) is 0 Å². The van der Waals surface area contributed by atoms with Gasteiger partial charge < -0.3 is 0 Å². The number of carbonyl (C=O) groups excluding carboxylic acids is 1. The van der Waals surface area contributed by atoms with Gasteiger partial charge in [-0.25, -0.2) is 13.2 Å². The highest BCUT2D eigenvalue weighted by molar-refractivity contribution is 7.92. The van der Waals surface area contributed by atoms with Crippen molar-refractivity contribution in [3.63, 3.8) is 0 Å². The van der Waals surface area contributed by atoms with Gasteiger partial charge in [0.2, 0.25) is 6.08 Å². The van der Waals surface area contributed by atoms with E-state index in [1.54, 1.807) is 26.0 Å². The van der Waals surface area contributed by atoms with E-state index in [0.717, 1.165) is 0 Å². The molecule has 0 aromatic heterocycles. The summed E-state index contributed by atoms with van der Waals surface area (Å²) in [6.07, 6.45) is 1.37. The Bertz CT molecular complexity index is 499. The zero-order valence-electron chi connectivity index (χ0n) is 8.47. The predicted molar refractivity (Wildman–Crippen MR) is 56.5 cm³/mol. The maximum absolute atomic E-state index is 11.7. The van der Waals surface area contributed by atoms with Crippen molar-refractivity contribution in [2.24, 2.45) is 4.99 Å². The number of isocyanates is 1. The Hall–Kier alpha value is -1.45. The average molecular weight is 225 g/mol. The lowest BCUT2D eigenvalue weighted by Crippen LogP contribution is -2.13. The summed E-state index contributed by atoms with van der Waals surface area (Å²) in [5, 5.41) is -0.493. The molecule has 0 amide bonds. The van der Waals surface area contributed by atoms with E-state index in [4.69, 9.17) is 0 Å². The van der Waals surface area contributed by atoms with Gasteiger partial charge in [-0.15, -0.1) is 0 Å². The number of aliphatic imine (C=N–C) groups is 1. The Labute approximate surface area is 88.6 Å². The molecule has 0 aliphatic rings. The van der Waals surface area contributed by atoms with Gasteiger partial charge in [-0.3, -0.25) is 0 Å². The second-order valence-electron chi connectivity index (χ2n) is 3.29. The van der Waals surface area contributed by atoms with Gasteiger partial charge in [0, 0.05) is 0 Å². The van der Waals surface area contributed by atoms with Crippen LogP contribution in [0.5, 0.6) is 0 Å². The van der Waals surface area contributed by atoms with Crippen LogP contribution in [0.1, 0.15) is 13.8 Å². The first-order chi connectivity index (χ1) is 6.98. The molecule has 0 saturated heterocycles. The molecule has 1 rings (SSSR count). The fraction of sp³-hybridized carbons (Fsp3) is 0.300. The molecule has 15 heavy (non-hydrogen) atoms. The lowest BCUT2D eigenvalue weighted by atomic mass is 10.3. The monoisotopic (exact) mass is 225 g/mol. The van der Waals surface area contributed by atoms with E-state index in [1.807, 2.05) is 0 Å². The summed E-state index contributed by atoms with van der Waals surface area (Å²) in [7, 11) is -3.31. The maximum atomic E-state index is 11.7. The standard InChI is InChI=1S/C10H11NO3S/c1-8(2)15(13,14)10-5-3-4-9(6-10)11-7-12/h3-6,8H,1-2H3. The second-order valence-corrected chi connectivity index (χ2v) is 5.80.